The van der Waals surface area contributed by atoms with Crippen LogP contribution in [-0.2, 0) is 0 Å². The molecule has 1 unspecified atom stereocenters. The fourth-order valence-electron chi connectivity index (χ4n) is 2.65. The van der Waals surface area contributed by atoms with Crippen LogP contribution in [0.5, 0.6) is 0 Å². The molecule has 3 rings (SSSR count). The number of furan rings is 1. The third kappa shape index (κ3) is 2.48. The molecule has 0 amide bonds. The van der Waals surface area contributed by atoms with Gasteiger partial charge in [-0.15, -0.1) is 0 Å². The highest BCUT2D eigenvalue weighted by Crippen LogP contribution is 2.27. The van der Waals surface area contributed by atoms with Gasteiger partial charge in [0.15, 0.2) is 11.6 Å². The summed E-state index contributed by atoms with van der Waals surface area (Å²) >= 11 is 0. The Hall–Kier alpha value is -1.66. The van der Waals surface area contributed by atoms with Crippen molar-refractivity contribution in [1.29, 1.82) is 0 Å². The zero-order valence-corrected chi connectivity index (χ0v) is 11.9. The van der Waals surface area contributed by atoms with Gasteiger partial charge in [0.25, 0.3) is 5.89 Å². The molecule has 6 heteroatoms. The molecular weight excluding hydrogens is 256 g/mol. The first kappa shape index (κ1) is 13.3. The minimum atomic E-state index is 0.213. The largest absolute Gasteiger partial charge is 0.459 e. The quantitative estimate of drug-likeness (QED) is 0.921. The Bertz CT molecular complexity index is 557. The summed E-state index contributed by atoms with van der Waals surface area (Å²) in [6, 6.07) is 2.11. The van der Waals surface area contributed by atoms with Gasteiger partial charge in [0.1, 0.15) is 0 Å². The second kappa shape index (κ2) is 5.76. The summed E-state index contributed by atoms with van der Waals surface area (Å²) in [6.07, 6.45) is 2.61. The van der Waals surface area contributed by atoms with Gasteiger partial charge in [0.2, 0.25) is 0 Å². The van der Waals surface area contributed by atoms with Gasteiger partial charge in [-0.25, -0.2) is 0 Å². The number of piperazine rings is 1. The predicted octanol–water partition coefficient (Wildman–Crippen LogP) is 1.99. The highest BCUT2D eigenvalue weighted by molar-refractivity contribution is 5.49. The average Bonchev–Trinajstić information content (AvgIpc) is 3.10. The lowest BCUT2D eigenvalue weighted by atomic mass is 10.1. The molecule has 1 N–H and O–H groups in total. The van der Waals surface area contributed by atoms with Crippen molar-refractivity contribution in [1.82, 2.24) is 20.4 Å². The molecule has 1 atom stereocenters. The molecule has 0 aliphatic carbocycles. The Labute approximate surface area is 118 Å². The number of aromatic nitrogens is 2. The molecule has 3 heterocycles. The number of rotatable bonds is 4. The monoisotopic (exact) mass is 276 g/mol. The minimum Gasteiger partial charge on any atom is -0.459 e. The van der Waals surface area contributed by atoms with Crippen LogP contribution in [0.3, 0.4) is 0 Å². The van der Waals surface area contributed by atoms with Gasteiger partial charge in [0, 0.05) is 31.7 Å². The summed E-state index contributed by atoms with van der Waals surface area (Å²) in [5.41, 5.74) is 1.01. The Kier molecular flexibility index (Phi) is 3.84. The first-order valence-electron chi connectivity index (χ1n) is 7.12. The molecule has 108 valence electrons. The topological polar surface area (TPSA) is 67.3 Å². The molecule has 0 aromatic carbocycles. The Morgan fingerprint density at radius 3 is 2.85 bits per heavy atom. The Morgan fingerprint density at radius 1 is 1.40 bits per heavy atom. The van der Waals surface area contributed by atoms with Crippen molar-refractivity contribution in [3.05, 3.63) is 23.7 Å². The van der Waals surface area contributed by atoms with Crippen LogP contribution < -0.4 is 5.32 Å². The van der Waals surface area contributed by atoms with Gasteiger partial charge in [-0.3, -0.25) is 4.90 Å². The molecule has 1 fully saturated rings. The number of aryl methyl sites for hydroxylation is 1. The van der Waals surface area contributed by atoms with Gasteiger partial charge in [-0.2, -0.15) is 4.98 Å². The summed E-state index contributed by atoms with van der Waals surface area (Å²) in [5.74, 6) is 1.88. The second-order valence-corrected chi connectivity index (χ2v) is 5.10. The fourth-order valence-corrected chi connectivity index (χ4v) is 2.65. The molecule has 20 heavy (non-hydrogen) atoms. The van der Waals surface area contributed by atoms with Crippen LogP contribution in [0.2, 0.25) is 0 Å². The second-order valence-electron chi connectivity index (χ2n) is 5.10. The highest BCUT2D eigenvalue weighted by Gasteiger charge is 2.26. The Balaban J connectivity index is 1.82. The van der Waals surface area contributed by atoms with Crippen molar-refractivity contribution in [2.24, 2.45) is 0 Å². The number of nitrogens with one attached hydrogen (secondary N) is 1. The molecule has 0 spiro atoms. The van der Waals surface area contributed by atoms with Crippen molar-refractivity contribution >= 4 is 0 Å². The van der Waals surface area contributed by atoms with E-state index in [0.717, 1.165) is 44.0 Å². The summed E-state index contributed by atoms with van der Waals surface area (Å²) in [6.45, 7) is 8.18. The first-order valence-corrected chi connectivity index (χ1v) is 7.12. The fraction of sp³-hybridized carbons (Fsp3) is 0.571. The molecule has 2 aromatic heterocycles. The molecule has 0 saturated carbocycles. The third-order valence-corrected chi connectivity index (χ3v) is 3.78. The molecule has 6 nitrogen and oxygen atoms in total. The number of hydrogen-bond donors (Lipinski definition) is 1. The van der Waals surface area contributed by atoms with Crippen LogP contribution >= 0.6 is 0 Å². The zero-order valence-electron chi connectivity index (χ0n) is 11.9. The molecular formula is C14H20N4O2. The predicted molar refractivity (Wildman–Crippen MR) is 74.2 cm³/mol. The van der Waals surface area contributed by atoms with E-state index in [1.165, 1.54) is 0 Å². The van der Waals surface area contributed by atoms with Crippen molar-refractivity contribution < 1.29 is 8.94 Å². The Morgan fingerprint density at radius 2 is 2.20 bits per heavy atom. The highest BCUT2D eigenvalue weighted by atomic mass is 16.5. The van der Waals surface area contributed by atoms with E-state index >= 15 is 0 Å². The van der Waals surface area contributed by atoms with Crippen molar-refractivity contribution in [2.75, 3.05) is 26.2 Å². The molecule has 2 aromatic rings. The van der Waals surface area contributed by atoms with Gasteiger partial charge >= 0.3 is 0 Å². The van der Waals surface area contributed by atoms with Crippen LogP contribution in [-0.4, -0.2) is 41.2 Å². The summed E-state index contributed by atoms with van der Waals surface area (Å²) in [7, 11) is 0. The van der Waals surface area contributed by atoms with E-state index in [2.05, 4.69) is 27.3 Å². The van der Waals surface area contributed by atoms with Crippen molar-refractivity contribution in [3.63, 3.8) is 0 Å². The van der Waals surface area contributed by atoms with Gasteiger partial charge in [-0.05, 0) is 19.4 Å². The van der Waals surface area contributed by atoms with Crippen LogP contribution in [0.4, 0.5) is 0 Å². The van der Waals surface area contributed by atoms with E-state index in [-0.39, 0.29) is 6.04 Å². The SMILES string of the molecule is CCC(c1noc(-c2occc2C)n1)N1CCNCC1. The van der Waals surface area contributed by atoms with E-state index in [4.69, 9.17) is 8.94 Å². The van der Waals surface area contributed by atoms with Crippen LogP contribution in [0, 0.1) is 6.92 Å². The van der Waals surface area contributed by atoms with Gasteiger partial charge < -0.3 is 14.3 Å². The van der Waals surface area contributed by atoms with Gasteiger partial charge in [0.05, 0.1) is 12.3 Å². The minimum absolute atomic E-state index is 0.213. The molecule has 0 bridgehead atoms. The van der Waals surface area contributed by atoms with E-state index in [9.17, 15) is 0 Å². The van der Waals surface area contributed by atoms with E-state index in [1.807, 2.05) is 13.0 Å². The standard InChI is InChI=1S/C14H20N4O2/c1-3-11(18-7-5-15-6-8-18)13-16-14(20-17-13)12-10(2)4-9-19-12/h4,9,11,15H,3,5-8H2,1-2H3. The maximum atomic E-state index is 5.40. The zero-order chi connectivity index (χ0) is 13.9. The lowest BCUT2D eigenvalue weighted by Gasteiger charge is -2.32. The van der Waals surface area contributed by atoms with Crippen LogP contribution in [0.1, 0.15) is 30.8 Å². The maximum absolute atomic E-state index is 5.40. The molecule has 0 radical (unpaired) electrons. The van der Waals surface area contributed by atoms with E-state index in [0.29, 0.717) is 11.7 Å². The molecule has 1 saturated heterocycles. The van der Waals surface area contributed by atoms with E-state index < -0.39 is 0 Å². The van der Waals surface area contributed by atoms with Crippen molar-refractivity contribution in [3.8, 4) is 11.7 Å². The maximum Gasteiger partial charge on any atom is 0.293 e. The third-order valence-electron chi connectivity index (χ3n) is 3.78. The summed E-state index contributed by atoms with van der Waals surface area (Å²) < 4.78 is 10.8. The molecule has 1 aliphatic rings. The van der Waals surface area contributed by atoms with Crippen LogP contribution in [0.25, 0.3) is 11.7 Å². The van der Waals surface area contributed by atoms with Crippen molar-refractivity contribution in [2.45, 2.75) is 26.3 Å². The smallest absolute Gasteiger partial charge is 0.293 e. The lowest BCUT2D eigenvalue weighted by Crippen LogP contribution is -2.45. The first-order chi connectivity index (χ1) is 9.79. The van der Waals surface area contributed by atoms with Gasteiger partial charge in [-0.1, -0.05) is 12.1 Å². The summed E-state index contributed by atoms with van der Waals surface area (Å²) in [5, 5.41) is 7.51. The number of hydrogen-bond acceptors (Lipinski definition) is 6. The molecule has 1 aliphatic heterocycles. The normalized spacial score (nSPS) is 18.3. The summed E-state index contributed by atoms with van der Waals surface area (Å²) in [4.78, 5) is 6.93. The lowest BCUT2D eigenvalue weighted by molar-refractivity contribution is 0.160. The van der Waals surface area contributed by atoms with Crippen LogP contribution in [0.15, 0.2) is 21.3 Å². The number of nitrogens with zero attached hydrogens (tertiary/aromatic N) is 3. The average molecular weight is 276 g/mol. The van der Waals surface area contributed by atoms with E-state index in [1.54, 1.807) is 6.26 Å².